The van der Waals surface area contributed by atoms with Crippen LogP contribution in [0, 0.1) is 11.6 Å². The van der Waals surface area contributed by atoms with Crippen molar-refractivity contribution in [1.82, 2.24) is 19.5 Å². The van der Waals surface area contributed by atoms with Crippen molar-refractivity contribution in [3.05, 3.63) is 66.8 Å². The first-order valence-electron chi connectivity index (χ1n) is 9.52. The van der Waals surface area contributed by atoms with Crippen molar-refractivity contribution in [2.75, 3.05) is 36.5 Å². The van der Waals surface area contributed by atoms with E-state index in [1.165, 1.54) is 12.1 Å². The van der Waals surface area contributed by atoms with Crippen LogP contribution in [-0.2, 0) is 4.74 Å². The van der Waals surface area contributed by atoms with Gasteiger partial charge in [-0.1, -0.05) is 0 Å². The highest BCUT2D eigenvalue weighted by Gasteiger charge is 2.21. The molecule has 9 heteroatoms. The minimum atomic E-state index is -0.613. The number of benzene rings is 1. The lowest BCUT2D eigenvalue weighted by Crippen LogP contribution is -2.37. The zero-order chi connectivity index (χ0) is 20.5. The van der Waals surface area contributed by atoms with Gasteiger partial charge in [0.1, 0.15) is 11.3 Å². The highest BCUT2D eigenvalue weighted by molar-refractivity contribution is 5.79. The number of fused-ring (bicyclic) bond motifs is 1. The van der Waals surface area contributed by atoms with Crippen LogP contribution in [0.1, 0.15) is 0 Å². The van der Waals surface area contributed by atoms with Crippen molar-refractivity contribution >= 4 is 28.4 Å². The van der Waals surface area contributed by atoms with E-state index in [0.717, 1.165) is 11.1 Å². The van der Waals surface area contributed by atoms with E-state index in [1.54, 1.807) is 52.5 Å². The molecule has 4 aromatic rings. The molecule has 1 aliphatic heterocycles. The summed E-state index contributed by atoms with van der Waals surface area (Å²) in [6.45, 7) is 1.81. The number of hydrogen-bond donors (Lipinski definition) is 1. The summed E-state index contributed by atoms with van der Waals surface area (Å²) in [6, 6.07) is 8.04. The van der Waals surface area contributed by atoms with Gasteiger partial charge in [-0.3, -0.25) is 4.98 Å². The molecular weight excluding hydrogens is 390 g/mol. The van der Waals surface area contributed by atoms with Gasteiger partial charge in [0, 0.05) is 61.1 Å². The molecule has 0 unspecified atom stereocenters. The number of nitrogens with one attached hydrogen (secondary N) is 1. The molecule has 4 heterocycles. The van der Waals surface area contributed by atoms with Crippen molar-refractivity contribution in [2.45, 2.75) is 0 Å². The molecule has 0 saturated carbocycles. The number of ether oxygens (including phenoxy) is 1. The van der Waals surface area contributed by atoms with E-state index in [1.807, 2.05) is 0 Å². The van der Waals surface area contributed by atoms with Gasteiger partial charge in [-0.05, 0) is 18.2 Å². The summed E-state index contributed by atoms with van der Waals surface area (Å²) >= 11 is 0. The lowest BCUT2D eigenvalue weighted by Gasteiger charge is -2.29. The number of nitrogens with zero attached hydrogens (tertiary/aromatic N) is 5. The van der Waals surface area contributed by atoms with Crippen LogP contribution in [0.2, 0.25) is 0 Å². The summed E-state index contributed by atoms with van der Waals surface area (Å²) in [4.78, 5) is 14.5. The summed E-state index contributed by atoms with van der Waals surface area (Å²) in [5.41, 5.74) is 1.66. The van der Waals surface area contributed by atoms with Gasteiger partial charge in [0.2, 0.25) is 5.95 Å². The van der Waals surface area contributed by atoms with Crippen LogP contribution in [-0.4, -0.2) is 45.8 Å². The summed E-state index contributed by atoms with van der Waals surface area (Å²) in [5, 5.41) is 3.85. The Hall–Kier alpha value is -3.59. The van der Waals surface area contributed by atoms with Gasteiger partial charge in [0.15, 0.2) is 11.6 Å². The van der Waals surface area contributed by atoms with E-state index in [4.69, 9.17) is 4.74 Å². The molecular formula is C21H18F2N6O. The quantitative estimate of drug-likeness (QED) is 0.556. The lowest BCUT2D eigenvalue weighted by atomic mass is 10.2. The molecule has 1 fully saturated rings. The zero-order valence-electron chi connectivity index (χ0n) is 15.9. The molecule has 0 atom stereocenters. The third-order valence-electron chi connectivity index (χ3n) is 4.97. The fourth-order valence-electron chi connectivity index (χ4n) is 3.53. The molecule has 152 valence electrons. The molecule has 0 radical (unpaired) electrons. The maximum Gasteiger partial charge on any atom is 0.229 e. The largest absolute Gasteiger partial charge is 0.378 e. The smallest absolute Gasteiger partial charge is 0.229 e. The SMILES string of the molecule is Fc1cc(-n2ccc3cnc(Nc4ccncc4)nc32)cc(F)c1N1CCOCC1. The summed E-state index contributed by atoms with van der Waals surface area (Å²) < 4.78 is 36.6. The van der Waals surface area contributed by atoms with Crippen molar-refractivity contribution in [1.29, 1.82) is 0 Å². The van der Waals surface area contributed by atoms with E-state index in [-0.39, 0.29) is 5.69 Å². The molecule has 1 aliphatic rings. The van der Waals surface area contributed by atoms with Crippen molar-refractivity contribution in [3.63, 3.8) is 0 Å². The standard InChI is InChI=1S/C21H18F2N6O/c22-17-11-16(12-18(23)19(17)28-7-9-30-10-8-28)29-6-3-14-13-25-21(27-20(14)29)26-15-1-4-24-5-2-15/h1-6,11-13H,7-10H2,(H,24,25,26,27). The fourth-order valence-corrected chi connectivity index (χ4v) is 3.53. The molecule has 1 aromatic carbocycles. The Morgan fingerprint density at radius 2 is 1.73 bits per heavy atom. The first-order valence-corrected chi connectivity index (χ1v) is 9.52. The predicted molar refractivity (Wildman–Crippen MR) is 109 cm³/mol. The second-order valence-electron chi connectivity index (χ2n) is 6.88. The first-order chi connectivity index (χ1) is 14.7. The lowest BCUT2D eigenvalue weighted by molar-refractivity contribution is 0.122. The molecule has 0 aliphatic carbocycles. The third kappa shape index (κ3) is 3.43. The Labute approximate surface area is 171 Å². The Morgan fingerprint density at radius 3 is 2.47 bits per heavy atom. The highest BCUT2D eigenvalue weighted by Crippen LogP contribution is 2.29. The second-order valence-corrected chi connectivity index (χ2v) is 6.88. The monoisotopic (exact) mass is 408 g/mol. The Morgan fingerprint density at radius 1 is 1.00 bits per heavy atom. The maximum atomic E-state index is 14.9. The zero-order valence-corrected chi connectivity index (χ0v) is 15.9. The van der Waals surface area contributed by atoms with Crippen LogP contribution in [0.3, 0.4) is 0 Å². The van der Waals surface area contributed by atoms with Crippen molar-refractivity contribution in [2.24, 2.45) is 0 Å². The second kappa shape index (κ2) is 7.68. The van der Waals surface area contributed by atoms with Gasteiger partial charge in [0.05, 0.1) is 18.9 Å². The van der Waals surface area contributed by atoms with Crippen LogP contribution >= 0.6 is 0 Å². The van der Waals surface area contributed by atoms with E-state index in [2.05, 4.69) is 20.3 Å². The van der Waals surface area contributed by atoms with Gasteiger partial charge in [-0.25, -0.2) is 13.8 Å². The van der Waals surface area contributed by atoms with Gasteiger partial charge in [0.25, 0.3) is 0 Å². The Kier molecular flexibility index (Phi) is 4.72. The van der Waals surface area contributed by atoms with Gasteiger partial charge < -0.3 is 19.5 Å². The number of halogens is 2. The molecule has 0 spiro atoms. The molecule has 5 rings (SSSR count). The summed E-state index contributed by atoms with van der Waals surface area (Å²) in [7, 11) is 0. The molecule has 1 saturated heterocycles. The van der Waals surface area contributed by atoms with E-state index >= 15 is 0 Å². The topological polar surface area (TPSA) is 68.1 Å². The highest BCUT2D eigenvalue weighted by atomic mass is 19.1. The molecule has 1 N–H and O–H groups in total. The minimum Gasteiger partial charge on any atom is -0.378 e. The van der Waals surface area contributed by atoms with Crippen LogP contribution in [0.25, 0.3) is 16.7 Å². The molecule has 7 nitrogen and oxygen atoms in total. The molecule has 3 aromatic heterocycles. The third-order valence-corrected chi connectivity index (χ3v) is 4.97. The Bertz CT molecular complexity index is 1170. The molecule has 0 bridgehead atoms. The average molecular weight is 408 g/mol. The van der Waals surface area contributed by atoms with Crippen LogP contribution in [0.15, 0.2) is 55.1 Å². The Balaban J connectivity index is 1.52. The van der Waals surface area contributed by atoms with Crippen molar-refractivity contribution < 1.29 is 13.5 Å². The molecule has 0 amide bonds. The predicted octanol–water partition coefficient (Wildman–Crippen LogP) is 3.67. The van der Waals surface area contributed by atoms with Crippen LogP contribution < -0.4 is 10.2 Å². The average Bonchev–Trinajstić information content (AvgIpc) is 3.18. The number of morpholine rings is 1. The number of anilines is 3. The maximum absolute atomic E-state index is 14.9. The fraction of sp³-hybridized carbons (Fsp3) is 0.190. The van der Waals surface area contributed by atoms with Gasteiger partial charge in [-0.2, -0.15) is 4.98 Å². The number of rotatable bonds is 4. The number of aromatic nitrogens is 4. The minimum absolute atomic E-state index is 0.0202. The number of hydrogen-bond acceptors (Lipinski definition) is 6. The van der Waals surface area contributed by atoms with Crippen molar-refractivity contribution in [3.8, 4) is 5.69 Å². The number of pyridine rings is 1. The van der Waals surface area contributed by atoms with E-state index in [0.29, 0.717) is 43.6 Å². The molecule has 30 heavy (non-hydrogen) atoms. The van der Waals surface area contributed by atoms with Gasteiger partial charge in [-0.15, -0.1) is 0 Å². The van der Waals surface area contributed by atoms with E-state index < -0.39 is 11.6 Å². The summed E-state index contributed by atoms with van der Waals surface area (Å²) in [6.07, 6.45) is 6.70. The van der Waals surface area contributed by atoms with E-state index in [9.17, 15) is 8.78 Å². The summed E-state index contributed by atoms with van der Waals surface area (Å²) in [5.74, 6) is -0.851. The first kappa shape index (κ1) is 18.4. The van der Waals surface area contributed by atoms with Crippen LogP contribution in [0.5, 0.6) is 0 Å². The normalized spacial score (nSPS) is 14.3. The van der Waals surface area contributed by atoms with Crippen LogP contribution in [0.4, 0.5) is 26.1 Å². The van der Waals surface area contributed by atoms with Gasteiger partial charge >= 0.3 is 0 Å².